The monoisotopic (exact) mass is 306 g/mol. The van der Waals surface area contributed by atoms with Gasteiger partial charge in [-0.05, 0) is 47.5 Å². The van der Waals surface area contributed by atoms with Crippen molar-refractivity contribution in [1.29, 1.82) is 0 Å². The van der Waals surface area contributed by atoms with E-state index in [1.54, 1.807) is 0 Å². The van der Waals surface area contributed by atoms with Crippen LogP contribution in [0.2, 0.25) is 0 Å². The fraction of sp³-hybridized carbons (Fsp3) is 0.357. The molecule has 0 aliphatic carbocycles. The molecular formula is C14H15BrN2O. The second-order valence-electron chi connectivity index (χ2n) is 5.15. The molecule has 0 saturated carbocycles. The molecule has 1 aromatic carbocycles. The number of fused-ring (bicyclic) bond motifs is 1. The quantitative estimate of drug-likeness (QED) is 0.880. The van der Waals surface area contributed by atoms with Gasteiger partial charge in [0.2, 0.25) is 0 Å². The van der Waals surface area contributed by atoms with E-state index in [2.05, 4.69) is 33.0 Å². The number of rotatable bonds is 1. The third kappa shape index (κ3) is 2.10. The molecule has 94 valence electrons. The maximum absolute atomic E-state index is 10.0. The summed E-state index contributed by atoms with van der Waals surface area (Å²) < 4.78 is 1.01. The Morgan fingerprint density at radius 3 is 2.89 bits per heavy atom. The van der Waals surface area contributed by atoms with E-state index in [1.807, 2.05) is 25.1 Å². The number of nitrogens with zero attached hydrogens (tertiary/aromatic N) is 2. The summed E-state index contributed by atoms with van der Waals surface area (Å²) in [6.45, 7) is 3.38. The van der Waals surface area contributed by atoms with Crippen LogP contribution < -0.4 is 4.90 Å². The van der Waals surface area contributed by atoms with E-state index in [4.69, 9.17) is 4.98 Å². The van der Waals surface area contributed by atoms with Crippen LogP contribution in [-0.4, -0.2) is 28.8 Å². The van der Waals surface area contributed by atoms with Crippen LogP contribution in [0.15, 0.2) is 34.8 Å². The van der Waals surface area contributed by atoms with E-state index < -0.39 is 5.60 Å². The number of halogens is 1. The first-order valence-corrected chi connectivity index (χ1v) is 6.87. The number of pyridine rings is 1. The third-order valence-electron chi connectivity index (χ3n) is 3.43. The first-order valence-electron chi connectivity index (χ1n) is 6.08. The normalized spacial score (nSPS) is 23.8. The number of hydrogen-bond donors (Lipinski definition) is 1. The maximum atomic E-state index is 10.0. The highest BCUT2D eigenvalue weighted by Crippen LogP contribution is 2.28. The number of benzene rings is 1. The molecule has 18 heavy (non-hydrogen) atoms. The smallest absolute Gasteiger partial charge is 0.129 e. The van der Waals surface area contributed by atoms with Crippen molar-refractivity contribution in [2.45, 2.75) is 18.9 Å². The Morgan fingerprint density at radius 1 is 1.33 bits per heavy atom. The zero-order chi connectivity index (χ0) is 12.8. The van der Waals surface area contributed by atoms with Gasteiger partial charge in [-0.3, -0.25) is 0 Å². The van der Waals surface area contributed by atoms with E-state index in [0.717, 1.165) is 34.2 Å². The van der Waals surface area contributed by atoms with E-state index in [1.165, 1.54) is 0 Å². The summed E-state index contributed by atoms with van der Waals surface area (Å²) >= 11 is 3.53. The standard InChI is InChI=1S/C14H15BrN2O/c1-14(18)7-8-17(9-14)12-6-5-10-3-2-4-11(15)13(10)16-12/h2-6,18H,7-9H2,1H3. The number of para-hydroxylation sites is 1. The highest BCUT2D eigenvalue weighted by atomic mass is 79.9. The fourth-order valence-electron chi connectivity index (χ4n) is 2.42. The van der Waals surface area contributed by atoms with Gasteiger partial charge >= 0.3 is 0 Å². The number of hydrogen-bond acceptors (Lipinski definition) is 3. The molecule has 0 spiro atoms. The summed E-state index contributed by atoms with van der Waals surface area (Å²) in [4.78, 5) is 6.83. The minimum Gasteiger partial charge on any atom is -0.388 e. The molecule has 2 aromatic rings. The first-order chi connectivity index (χ1) is 8.55. The van der Waals surface area contributed by atoms with E-state index in [0.29, 0.717) is 6.54 Å². The van der Waals surface area contributed by atoms with Gasteiger partial charge in [0.15, 0.2) is 0 Å². The molecule has 1 unspecified atom stereocenters. The van der Waals surface area contributed by atoms with Crippen molar-refractivity contribution in [3.8, 4) is 0 Å². The highest BCUT2D eigenvalue weighted by Gasteiger charge is 2.31. The van der Waals surface area contributed by atoms with Crippen LogP contribution in [0, 0.1) is 0 Å². The number of β-amino-alcohol motifs (C(OH)–C–C–N with tert-alkyl or cyclic N) is 1. The van der Waals surface area contributed by atoms with Crippen molar-refractivity contribution in [2.24, 2.45) is 0 Å². The van der Waals surface area contributed by atoms with Gasteiger partial charge in [-0.2, -0.15) is 0 Å². The Labute approximate surface area is 115 Å². The minimum atomic E-state index is -0.593. The average Bonchev–Trinajstić information content (AvgIpc) is 2.70. The summed E-state index contributed by atoms with van der Waals surface area (Å²) in [5, 5.41) is 11.1. The van der Waals surface area contributed by atoms with Gasteiger partial charge in [-0.1, -0.05) is 12.1 Å². The van der Waals surface area contributed by atoms with Crippen molar-refractivity contribution >= 4 is 32.7 Å². The molecule has 0 radical (unpaired) electrons. The SMILES string of the molecule is CC1(O)CCN(c2ccc3cccc(Br)c3n2)C1. The van der Waals surface area contributed by atoms with E-state index in [9.17, 15) is 5.11 Å². The number of anilines is 1. The summed E-state index contributed by atoms with van der Waals surface area (Å²) in [7, 11) is 0. The topological polar surface area (TPSA) is 36.4 Å². The molecule has 0 amide bonds. The Balaban J connectivity index is 2.01. The second-order valence-corrected chi connectivity index (χ2v) is 6.00. The van der Waals surface area contributed by atoms with Gasteiger partial charge in [0.1, 0.15) is 5.82 Å². The molecule has 2 heterocycles. The molecule has 1 aromatic heterocycles. The lowest BCUT2D eigenvalue weighted by Crippen LogP contribution is -2.29. The largest absolute Gasteiger partial charge is 0.388 e. The van der Waals surface area contributed by atoms with Gasteiger partial charge < -0.3 is 10.0 Å². The van der Waals surface area contributed by atoms with Crippen LogP contribution in [0.4, 0.5) is 5.82 Å². The predicted molar refractivity (Wildman–Crippen MR) is 76.9 cm³/mol. The lowest BCUT2D eigenvalue weighted by atomic mass is 10.1. The minimum absolute atomic E-state index is 0.593. The van der Waals surface area contributed by atoms with Crippen molar-refractivity contribution < 1.29 is 5.11 Å². The summed E-state index contributed by atoms with van der Waals surface area (Å²) in [5.41, 5.74) is 0.381. The van der Waals surface area contributed by atoms with Gasteiger partial charge in [0, 0.05) is 22.9 Å². The highest BCUT2D eigenvalue weighted by molar-refractivity contribution is 9.10. The van der Waals surface area contributed by atoms with Crippen molar-refractivity contribution in [3.63, 3.8) is 0 Å². The zero-order valence-corrected chi connectivity index (χ0v) is 11.8. The lowest BCUT2D eigenvalue weighted by Gasteiger charge is -2.20. The number of aliphatic hydroxyl groups is 1. The molecule has 1 N–H and O–H groups in total. The van der Waals surface area contributed by atoms with Gasteiger partial charge in [0.05, 0.1) is 11.1 Å². The predicted octanol–water partition coefficient (Wildman–Crippen LogP) is 2.96. The Hall–Kier alpha value is -1.13. The second kappa shape index (κ2) is 4.21. The molecule has 1 atom stereocenters. The van der Waals surface area contributed by atoms with Gasteiger partial charge in [0.25, 0.3) is 0 Å². The fourth-order valence-corrected chi connectivity index (χ4v) is 2.89. The molecule has 1 saturated heterocycles. The molecule has 3 rings (SSSR count). The Kier molecular flexibility index (Phi) is 2.79. The van der Waals surface area contributed by atoms with E-state index >= 15 is 0 Å². The Morgan fingerprint density at radius 2 is 2.17 bits per heavy atom. The third-order valence-corrected chi connectivity index (χ3v) is 4.07. The molecule has 1 aliphatic rings. The summed E-state index contributed by atoms with van der Waals surface area (Å²) in [5.74, 6) is 0.937. The molecular weight excluding hydrogens is 292 g/mol. The zero-order valence-electron chi connectivity index (χ0n) is 10.2. The van der Waals surface area contributed by atoms with Crippen molar-refractivity contribution in [1.82, 2.24) is 4.98 Å². The molecule has 1 aliphatic heterocycles. The molecule has 0 bridgehead atoms. The average molecular weight is 307 g/mol. The summed E-state index contributed by atoms with van der Waals surface area (Å²) in [6.07, 6.45) is 0.794. The van der Waals surface area contributed by atoms with Crippen LogP contribution in [0.25, 0.3) is 10.9 Å². The van der Waals surface area contributed by atoms with Crippen LogP contribution in [0.5, 0.6) is 0 Å². The van der Waals surface area contributed by atoms with Crippen molar-refractivity contribution in [3.05, 3.63) is 34.8 Å². The van der Waals surface area contributed by atoms with E-state index in [-0.39, 0.29) is 0 Å². The van der Waals surface area contributed by atoms with Gasteiger partial charge in [-0.25, -0.2) is 4.98 Å². The van der Waals surface area contributed by atoms with Crippen LogP contribution in [0.3, 0.4) is 0 Å². The number of aromatic nitrogens is 1. The Bertz CT molecular complexity index is 597. The maximum Gasteiger partial charge on any atom is 0.129 e. The van der Waals surface area contributed by atoms with Crippen LogP contribution in [-0.2, 0) is 0 Å². The lowest BCUT2D eigenvalue weighted by molar-refractivity contribution is 0.0839. The molecule has 1 fully saturated rings. The molecule has 3 nitrogen and oxygen atoms in total. The van der Waals surface area contributed by atoms with Crippen molar-refractivity contribution in [2.75, 3.05) is 18.0 Å². The van der Waals surface area contributed by atoms with Gasteiger partial charge in [-0.15, -0.1) is 0 Å². The summed E-state index contributed by atoms with van der Waals surface area (Å²) in [6, 6.07) is 10.2. The van der Waals surface area contributed by atoms with Crippen LogP contribution >= 0.6 is 15.9 Å². The molecule has 4 heteroatoms. The van der Waals surface area contributed by atoms with Crippen LogP contribution in [0.1, 0.15) is 13.3 Å². The first kappa shape index (κ1) is 11.9.